The van der Waals surface area contributed by atoms with E-state index >= 15 is 0 Å². The number of nitrogens with two attached hydrogens (primary N) is 1. The van der Waals surface area contributed by atoms with Gasteiger partial charge in [-0.1, -0.05) is 29.8 Å². The molecule has 0 unspecified atom stereocenters. The molecular weight excluding hydrogens is 298 g/mol. The second kappa shape index (κ2) is 6.43. The lowest BCUT2D eigenvalue weighted by molar-refractivity contribution is 0.415. The molecule has 24 heavy (non-hydrogen) atoms. The van der Waals surface area contributed by atoms with E-state index < -0.39 is 0 Å². The molecule has 3 aromatic rings. The largest absolute Gasteiger partial charge is 0.497 e. The number of aryl methyl sites for hydroxylation is 1. The van der Waals surface area contributed by atoms with Crippen molar-refractivity contribution in [3.63, 3.8) is 0 Å². The van der Waals surface area contributed by atoms with Gasteiger partial charge in [0, 0.05) is 11.1 Å². The Kier molecular flexibility index (Phi) is 4.17. The summed E-state index contributed by atoms with van der Waals surface area (Å²) in [6, 6.07) is 19.6. The predicted molar refractivity (Wildman–Crippen MR) is 95.5 cm³/mol. The molecule has 0 aliphatic heterocycles. The molecule has 118 valence electrons. The molecule has 1 aromatic heterocycles. The van der Waals surface area contributed by atoms with E-state index in [9.17, 15) is 5.26 Å². The molecule has 3 rings (SSSR count). The van der Waals surface area contributed by atoms with E-state index in [0.717, 1.165) is 22.4 Å². The summed E-state index contributed by atoms with van der Waals surface area (Å²) in [4.78, 5) is 4.39. The molecular formula is C20H17N3O. The Morgan fingerprint density at radius 3 is 2.21 bits per heavy atom. The molecule has 0 spiro atoms. The summed E-state index contributed by atoms with van der Waals surface area (Å²) in [5.41, 5.74) is 11.3. The monoisotopic (exact) mass is 315 g/mol. The van der Waals surface area contributed by atoms with Gasteiger partial charge >= 0.3 is 0 Å². The molecule has 0 bridgehead atoms. The normalized spacial score (nSPS) is 10.2. The number of benzene rings is 2. The fourth-order valence-corrected chi connectivity index (χ4v) is 2.52. The Bertz CT molecular complexity index is 907. The van der Waals surface area contributed by atoms with Gasteiger partial charge in [0.25, 0.3) is 0 Å². The maximum atomic E-state index is 9.37. The topological polar surface area (TPSA) is 71.9 Å². The summed E-state index contributed by atoms with van der Waals surface area (Å²) in [6.07, 6.45) is 0. The fraction of sp³-hybridized carbons (Fsp3) is 0.100. The van der Waals surface area contributed by atoms with Gasteiger partial charge in [0.1, 0.15) is 11.8 Å². The average Bonchev–Trinajstić information content (AvgIpc) is 2.63. The van der Waals surface area contributed by atoms with Crippen molar-refractivity contribution in [2.75, 3.05) is 12.8 Å². The van der Waals surface area contributed by atoms with Crippen molar-refractivity contribution in [3.8, 4) is 34.2 Å². The molecule has 4 nitrogen and oxygen atoms in total. The quantitative estimate of drug-likeness (QED) is 0.786. The van der Waals surface area contributed by atoms with Gasteiger partial charge in [0.05, 0.1) is 18.5 Å². The third-order valence-corrected chi connectivity index (χ3v) is 3.91. The van der Waals surface area contributed by atoms with Crippen LogP contribution in [0.5, 0.6) is 5.75 Å². The number of hydrogen-bond donors (Lipinski definition) is 1. The first-order chi connectivity index (χ1) is 11.6. The van der Waals surface area contributed by atoms with Gasteiger partial charge in [0.15, 0.2) is 5.69 Å². The van der Waals surface area contributed by atoms with E-state index in [0.29, 0.717) is 11.4 Å². The van der Waals surface area contributed by atoms with Crippen LogP contribution in [-0.4, -0.2) is 12.1 Å². The van der Waals surface area contributed by atoms with Crippen molar-refractivity contribution < 1.29 is 4.74 Å². The first-order valence-electron chi connectivity index (χ1n) is 7.54. The molecule has 0 saturated heterocycles. The number of ether oxygens (including phenoxy) is 1. The van der Waals surface area contributed by atoms with Crippen LogP contribution in [0, 0.1) is 18.3 Å². The lowest BCUT2D eigenvalue weighted by Gasteiger charge is -2.11. The minimum Gasteiger partial charge on any atom is -0.497 e. The maximum absolute atomic E-state index is 9.37. The SMILES string of the molecule is COc1ccc(-c2cc(-c3ccc(C)cc3)c(N)c(C#N)n2)cc1. The van der Waals surface area contributed by atoms with Crippen LogP contribution in [0.3, 0.4) is 0 Å². The highest BCUT2D eigenvalue weighted by Gasteiger charge is 2.13. The van der Waals surface area contributed by atoms with Gasteiger partial charge in [-0.3, -0.25) is 0 Å². The van der Waals surface area contributed by atoms with Crippen LogP contribution in [0.2, 0.25) is 0 Å². The lowest BCUT2D eigenvalue weighted by Crippen LogP contribution is -1.99. The number of methoxy groups -OCH3 is 1. The minimum atomic E-state index is 0.235. The molecule has 0 fully saturated rings. The van der Waals surface area contributed by atoms with E-state index in [1.807, 2.05) is 61.5 Å². The number of pyridine rings is 1. The molecule has 2 N–H and O–H groups in total. The Labute approximate surface area is 141 Å². The molecule has 0 amide bonds. The van der Waals surface area contributed by atoms with E-state index in [-0.39, 0.29) is 5.69 Å². The number of rotatable bonds is 3. The van der Waals surface area contributed by atoms with Crippen molar-refractivity contribution in [1.29, 1.82) is 5.26 Å². The second-order valence-electron chi connectivity index (χ2n) is 5.52. The van der Waals surface area contributed by atoms with Gasteiger partial charge in [-0.15, -0.1) is 0 Å². The van der Waals surface area contributed by atoms with Crippen LogP contribution < -0.4 is 10.5 Å². The highest BCUT2D eigenvalue weighted by Crippen LogP contribution is 2.32. The van der Waals surface area contributed by atoms with Crippen LogP contribution in [0.15, 0.2) is 54.6 Å². The van der Waals surface area contributed by atoms with E-state index in [1.54, 1.807) is 7.11 Å². The highest BCUT2D eigenvalue weighted by atomic mass is 16.5. The third-order valence-electron chi connectivity index (χ3n) is 3.91. The van der Waals surface area contributed by atoms with Crippen LogP contribution in [-0.2, 0) is 0 Å². The van der Waals surface area contributed by atoms with Gasteiger partial charge < -0.3 is 10.5 Å². The Morgan fingerprint density at radius 1 is 1.00 bits per heavy atom. The van der Waals surface area contributed by atoms with Crippen molar-refractivity contribution in [2.24, 2.45) is 0 Å². The van der Waals surface area contributed by atoms with Crippen molar-refractivity contribution >= 4 is 5.69 Å². The van der Waals surface area contributed by atoms with Crippen molar-refractivity contribution in [3.05, 3.63) is 65.9 Å². The van der Waals surface area contributed by atoms with Gasteiger partial charge in [-0.25, -0.2) is 4.98 Å². The summed E-state index contributed by atoms with van der Waals surface area (Å²) < 4.78 is 5.18. The summed E-state index contributed by atoms with van der Waals surface area (Å²) in [5.74, 6) is 0.772. The molecule has 0 saturated carbocycles. The molecule has 0 aliphatic carbocycles. The smallest absolute Gasteiger partial charge is 0.164 e. The number of anilines is 1. The maximum Gasteiger partial charge on any atom is 0.164 e. The summed E-state index contributed by atoms with van der Waals surface area (Å²) in [7, 11) is 1.62. The minimum absolute atomic E-state index is 0.235. The van der Waals surface area contributed by atoms with Gasteiger partial charge in [-0.2, -0.15) is 5.26 Å². The van der Waals surface area contributed by atoms with Crippen molar-refractivity contribution in [1.82, 2.24) is 4.98 Å². The number of aromatic nitrogens is 1. The predicted octanol–water partition coefficient (Wildman–Crippen LogP) is 4.19. The zero-order chi connectivity index (χ0) is 17.1. The van der Waals surface area contributed by atoms with E-state index in [2.05, 4.69) is 11.1 Å². The van der Waals surface area contributed by atoms with Crippen LogP contribution in [0.4, 0.5) is 5.69 Å². The average molecular weight is 315 g/mol. The Morgan fingerprint density at radius 2 is 1.62 bits per heavy atom. The van der Waals surface area contributed by atoms with Crippen LogP contribution in [0.25, 0.3) is 22.4 Å². The van der Waals surface area contributed by atoms with Crippen molar-refractivity contribution in [2.45, 2.75) is 6.92 Å². The zero-order valence-corrected chi connectivity index (χ0v) is 13.6. The van der Waals surface area contributed by atoms with Gasteiger partial charge in [-0.05, 0) is 42.8 Å². The standard InChI is InChI=1S/C20H17N3O/c1-13-3-5-14(6-4-13)17-11-18(23-19(12-21)20(17)22)15-7-9-16(24-2)10-8-15/h3-11H,22H2,1-2H3. The van der Waals surface area contributed by atoms with Gasteiger partial charge in [0.2, 0.25) is 0 Å². The summed E-state index contributed by atoms with van der Waals surface area (Å²) in [6.45, 7) is 2.03. The van der Waals surface area contributed by atoms with E-state index in [4.69, 9.17) is 10.5 Å². The van der Waals surface area contributed by atoms with Crippen LogP contribution in [0.1, 0.15) is 11.3 Å². The molecule has 4 heteroatoms. The highest BCUT2D eigenvalue weighted by molar-refractivity contribution is 5.83. The number of hydrogen-bond acceptors (Lipinski definition) is 4. The molecule has 1 heterocycles. The number of nitriles is 1. The third kappa shape index (κ3) is 2.92. The molecule has 0 radical (unpaired) electrons. The first-order valence-corrected chi connectivity index (χ1v) is 7.54. The zero-order valence-electron chi connectivity index (χ0n) is 13.6. The number of nitrogen functional groups attached to an aromatic ring is 1. The van der Waals surface area contributed by atoms with E-state index in [1.165, 1.54) is 5.56 Å². The lowest BCUT2D eigenvalue weighted by atomic mass is 9.99. The Hall–Kier alpha value is -3.32. The second-order valence-corrected chi connectivity index (χ2v) is 5.52. The molecule has 0 atom stereocenters. The fourth-order valence-electron chi connectivity index (χ4n) is 2.52. The van der Waals surface area contributed by atoms with Crippen LogP contribution >= 0.6 is 0 Å². The summed E-state index contributed by atoms with van der Waals surface area (Å²) in [5, 5.41) is 9.37. The summed E-state index contributed by atoms with van der Waals surface area (Å²) >= 11 is 0. The Balaban J connectivity index is 2.15. The molecule has 0 aliphatic rings. The first kappa shape index (κ1) is 15.6. The molecule has 2 aromatic carbocycles. The number of nitrogens with zero attached hydrogens (tertiary/aromatic N) is 2.